The zero-order valence-electron chi connectivity index (χ0n) is 16.7. The molecule has 0 saturated carbocycles. The number of carboxylic acid groups (broad SMARTS) is 1. The second kappa shape index (κ2) is 10.4. The molecule has 0 aromatic heterocycles. The molecule has 1 amide bonds. The maximum Gasteiger partial charge on any atom is 0.317 e. The monoisotopic (exact) mass is 375 g/mol. The maximum absolute atomic E-state index is 12.6. The Morgan fingerprint density at radius 1 is 1.22 bits per heavy atom. The van der Waals surface area contributed by atoms with Crippen LogP contribution in [-0.4, -0.2) is 71.6 Å². The van der Waals surface area contributed by atoms with Crippen molar-refractivity contribution in [2.24, 2.45) is 0 Å². The molecule has 1 aliphatic heterocycles. The summed E-state index contributed by atoms with van der Waals surface area (Å²) in [6.07, 6.45) is 1.80. The van der Waals surface area contributed by atoms with E-state index in [-0.39, 0.29) is 30.5 Å². The van der Waals surface area contributed by atoms with E-state index in [4.69, 9.17) is 5.11 Å². The number of hydrogen-bond acceptors (Lipinski definition) is 4. The SMILES string of the molecule is CCN(CC(=O)O)C1CCN(C(C)C(=O)NCC(C)c2ccccc2)CC1. The fourth-order valence-electron chi connectivity index (χ4n) is 3.78. The van der Waals surface area contributed by atoms with Gasteiger partial charge in [-0.25, -0.2) is 0 Å². The minimum atomic E-state index is -0.778. The van der Waals surface area contributed by atoms with Crippen molar-refractivity contribution >= 4 is 11.9 Å². The number of carboxylic acids is 1. The van der Waals surface area contributed by atoms with Crippen molar-refractivity contribution in [3.8, 4) is 0 Å². The highest BCUT2D eigenvalue weighted by molar-refractivity contribution is 5.81. The number of carbonyl (C=O) groups excluding carboxylic acids is 1. The Balaban J connectivity index is 1.78. The van der Waals surface area contributed by atoms with E-state index in [1.54, 1.807) is 0 Å². The number of nitrogens with one attached hydrogen (secondary N) is 1. The average molecular weight is 376 g/mol. The number of likely N-dealkylation sites (tertiary alicyclic amines) is 1. The molecular formula is C21H33N3O3. The van der Waals surface area contributed by atoms with Crippen molar-refractivity contribution in [3.05, 3.63) is 35.9 Å². The molecule has 6 heteroatoms. The Labute approximate surface area is 162 Å². The third kappa shape index (κ3) is 6.33. The molecule has 0 aliphatic carbocycles. The summed E-state index contributed by atoms with van der Waals surface area (Å²) in [7, 11) is 0. The Morgan fingerprint density at radius 3 is 2.41 bits per heavy atom. The summed E-state index contributed by atoms with van der Waals surface area (Å²) < 4.78 is 0. The van der Waals surface area contributed by atoms with Gasteiger partial charge in [-0.1, -0.05) is 44.2 Å². The van der Waals surface area contributed by atoms with Crippen LogP contribution in [0.4, 0.5) is 0 Å². The first-order chi connectivity index (χ1) is 12.9. The minimum absolute atomic E-state index is 0.0640. The van der Waals surface area contributed by atoms with E-state index in [0.29, 0.717) is 6.54 Å². The predicted octanol–water partition coefficient (Wildman–Crippen LogP) is 2.17. The first-order valence-electron chi connectivity index (χ1n) is 9.94. The van der Waals surface area contributed by atoms with Gasteiger partial charge >= 0.3 is 5.97 Å². The molecule has 1 saturated heterocycles. The van der Waals surface area contributed by atoms with Gasteiger partial charge in [0.25, 0.3) is 0 Å². The molecule has 1 aromatic rings. The van der Waals surface area contributed by atoms with Crippen LogP contribution in [0.1, 0.15) is 45.1 Å². The molecule has 1 heterocycles. The van der Waals surface area contributed by atoms with E-state index in [2.05, 4.69) is 29.3 Å². The largest absolute Gasteiger partial charge is 0.480 e. The summed E-state index contributed by atoms with van der Waals surface area (Å²) in [5.41, 5.74) is 1.23. The Morgan fingerprint density at radius 2 is 1.85 bits per heavy atom. The first kappa shape index (κ1) is 21.4. The lowest BCUT2D eigenvalue weighted by Gasteiger charge is -2.39. The number of aliphatic carboxylic acids is 1. The van der Waals surface area contributed by atoms with Crippen molar-refractivity contribution in [2.45, 2.75) is 51.6 Å². The summed E-state index contributed by atoms with van der Waals surface area (Å²) in [5, 5.41) is 12.1. The van der Waals surface area contributed by atoms with Crippen LogP contribution in [-0.2, 0) is 9.59 Å². The zero-order valence-corrected chi connectivity index (χ0v) is 16.7. The standard InChI is InChI=1S/C21H33N3O3/c1-4-23(15-20(25)26)19-10-12-24(13-11-19)17(3)21(27)22-14-16(2)18-8-6-5-7-9-18/h5-9,16-17,19H,4,10-15H2,1-3H3,(H,22,27)(H,25,26). The van der Waals surface area contributed by atoms with Gasteiger partial charge in [-0.2, -0.15) is 0 Å². The molecule has 1 aliphatic rings. The highest BCUT2D eigenvalue weighted by Crippen LogP contribution is 2.19. The van der Waals surface area contributed by atoms with Crippen molar-refractivity contribution in [1.82, 2.24) is 15.1 Å². The molecule has 27 heavy (non-hydrogen) atoms. The van der Waals surface area contributed by atoms with Crippen molar-refractivity contribution in [3.63, 3.8) is 0 Å². The quantitative estimate of drug-likeness (QED) is 0.692. The van der Waals surface area contributed by atoms with Crippen LogP contribution in [0.2, 0.25) is 0 Å². The Hall–Kier alpha value is -1.92. The second-order valence-electron chi connectivity index (χ2n) is 7.46. The van der Waals surface area contributed by atoms with Gasteiger partial charge in [0, 0.05) is 25.7 Å². The molecule has 2 atom stereocenters. The van der Waals surface area contributed by atoms with Crippen molar-refractivity contribution < 1.29 is 14.7 Å². The smallest absolute Gasteiger partial charge is 0.317 e. The van der Waals surface area contributed by atoms with Gasteiger partial charge in [-0.15, -0.1) is 0 Å². The lowest BCUT2D eigenvalue weighted by atomic mass is 10.0. The summed E-state index contributed by atoms with van der Waals surface area (Å²) in [6.45, 7) is 9.18. The Kier molecular flexibility index (Phi) is 8.25. The van der Waals surface area contributed by atoms with Crippen LogP contribution < -0.4 is 5.32 Å². The topological polar surface area (TPSA) is 72.9 Å². The van der Waals surface area contributed by atoms with Crippen molar-refractivity contribution in [2.75, 3.05) is 32.7 Å². The molecule has 0 radical (unpaired) electrons. The maximum atomic E-state index is 12.6. The van der Waals surface area contributed by atoms with E-state index in [1.807, 2.05) is 36.9 Å². The van der Waals surface area contributed by atoms with E-state index < -0.39 is 5.97 Å². The molecule has 0 bridgehead atoms. The van der Waals surface area contributed by atoms with Gasteiger partial charge in [-0.3, -0.25) is 19.4 Å². The van der Waals surface area contributed by atoms with Crippen LogP contribution >= 0.6 is 0 Å². The van der Waals surface area contributed by atoms with Gasteiger partial charge in [0.1, 0.15) is 0 Å². The molecule has 2 rings (SSSR count). The molecular weight excluding hydrogens is 342 g/mol. The van der Waals surface area contributed by atoms with Gasteiger partial charge in [0.15, 0.2) is 0 Å². The number of benzene rings is 1. The van der Waals surface area contributed by atoms with E-state index in [1.165, 1.54) is 5.56 Å². The van der Waals surface area contributed by atoms with E-state index >= 15 is 0 Å². The lowest BCUT2D eigenvalue weighted by molar-refractivity contribution is -0.139. The molecule has 0 spiro atoms. The van der Waals surface area contributed by atoms with Gasteiger partial charge in [0.05, 0.1) is 12.6 Å². The lowest BCUT2D eigenvalue weighted by Crippen LogP contribution is -2.52. The molecule has 1 aromatic carbocycles. The number of nitrogens with zero attached hydrogens (tertiary/aromatic N) is 2. The number of piperidine rings is 1. The number of carbonyl (C=O) groups is 2. The highest BCUT2D eigenvalue weighted by atomic mass is 16.4. The molecule has 2 unspecified atom stereocenters. The van der Waals surface area contributed by atoms with Crippen LogP contribution in [0.5, 0.6) is 0 Å². The number of rotatable bonds is 9. The van der Waals surface area contributed by atoms with Crippen molar-refractivity contribution in [1.29, 1.82) is 0 Å². The second-order valence-corrected chi connectivity index (χ2v) is 7.46. The number of amides is 1. The van der Waals surface area contributed by atoms with Crippen LogP contribution in [0, 0.1) is 0 Å². The molecule has 2 N–H and O–H groups in total. The molecule has 1 fully saturated rings. The fraction of sp³-hybridized carbons (Fsp3) is 0.619. The average Bonchev–Trinajstić information content (AvgIpc) is 2.70. The normalized spacial score (nSPS) is 18.2. The Bertz CT molecular complexity index is 600. The van der Waals surface area contributed by atoms with Crippen LogP contribution in [0.3, 0.4) is 0 Å². The third-order valence-corrected chi connectivity index (χ3v) is 5.64. The number of hydrogen-bond donors (Lipinski definition) is 2. The molecule has 150 valence electrons. The van der Waals surface area contributed by atoms with Gasteiger partial charge in [-0.05, 0) is 37.8 Å². The minimum Gasteiger partial charge on any atom is -0.480 e. The van der Waals surface area contributed by atoms with Gasteiger partial charge < -0.3 is 10.4 Å². The highest BCUT2D eigenvalue weighted by Gasteiger charge is 2.29. The predicted molar refractivity (Wildman–Crippen MR) is 107 cm³/mol. The summed E-state index contributed by atoms with van der Waals surface area (Å²) in [6, 6.07) is 10.3. The van der Waals surface area contributed by atoms with Gasteiger partial charge in [0.2, 0.25) is 5.91 Å². The van der Waals surface area contributed by atoms with E-state index in [0.717, 1.165) is 32.5 Å². The van der Waals surface area contributed by atoms with Crippen LogP contribution in [0.15, 0.2) is 30.3 Å². The first-order valence-corrected chi connectivity index (χ1v) is 9.94. The van der Waals surface area contributed by atoms with Crippen LogP contribution in [0.25, 0.3) is 0 Å². The summed E-state index contributed by atoms with van der Waals surface area (Å²) in [4.78, 5) is 27.8. The summed E-state index contributed by atoms with van der Waals surface area (Å²) >= 11 is 0. The zero-order chi connectivity index (χ0) is 19.8. The number of likely N-dealkylation sites (N-methyl/N-ethyl adjacent to an activating group) is 1. The van der Waals surface area contributed by atoms with E-state index in [9.17, 15) is 9.59 Å². The third-order valence-electron chi connectivity index (χ3n) is 5.64. The molecule has 6 nitrogen and oxygen atoms in total. The summed E-state index contributed by atoms with van der Waals surface area (Å²) in [5.74, 6) is -0.434. The fourth-order valence-corrected chi connectivity index (χ4v) is 3.78.